The smallest absolute Gasteiger partial charge is 0.352 e. The maximum absolute atomic E-state index is 12.2. The van der Waals surface area contributed by atoms with Crippen LogP contribution in [0.3, 0.4) is 0 Å². The number of carbonyl (C=O) groups excluding carboxylic acids is 2. The third-order valence-electron chi connectivity index (χ3n) is 3.10. The lowest BCUT2D eigenvalue weighted by Gasteiger charge is -2.15. The zero-order valence-corrected chi connectivity index (χ0v) is 15.1. The van der Waals surface area contributed by atoms with Gasteiger partial charge in [0.05, 0.1) is 22.2 Å². The van der Waals surface area contributed by atoms with E-state index in [1.165, 1.54) is 12.1 Å². The molecule has 1 unspecified atom stereocenters. The fourth-order valence-corrected chi connectivity index (χ4v) is 2.49. The molecule has 2 rings (SSSR count). The van der Waals surface area contributed by atoms with Crippen LogP contribution in [0.4, 0.5) is 0 Å². The van der Waals surface area contributed by atoms with Crippen LogP contribution in [-0.2, 0) is 9.53 Å². The highest BCUT2D eigenvalue weighted by Crippen LogP contribution is 2.35. The van der Waals surface area contributed by atoms with Gasteiger partial charge in [-0.15, -0.1) is 0 Å². The van der Waals surface area contributed by atoms with Gasteiger partial charge in [-0.25, -0.2) is 9.59 Å². The Bertz CT molecular complexity index is 738. The van der Waals surface area contributed by atoms with E-state index in [2.05, 4.69) is 0 Å². The molecule has 1 atom stereocenters. The van der Waals surface area contributed by atoms with Crippen LogP contribution < -0.4 is 9.47 Å². The summed E-state index contributed by atoms with van der Waals surface area (Å²) in [5, 5.41) is 0.0478. The van der Waals surface area contributed by atoms with Gasteiger partial charge in [0, 0.05) is 0 Å². The SMILES string of the molecule is CCOC(=O)c1cc(Cl)c(OC(=O)C(C)Oc2ccccc2)c(Cl)c1. The molecule has 0 amide bonds. The molecule has 132 valence electrons. The molecule has 7 heteroatoms. The highest BCUT2D eigenvalue weighted by Gasteiger charge is 2.22. The van der Waals surface area contributed by atoms with Crippen molar-refractivity contribution in [3.63, 3.8) is 0 Å². The van der Waals surface area contributed by atoms with E-state index in [1.54, 1.807) is 38.1 Å². The summed E-state index contributed by atoms with van der Waals surface area (Å²) in [6.07, 6.45) is -0.876. The molecular formula is C18H16Cl2O5. The van der Waals surface area contributed by atoms with Gasteiger partial charge in [-0.1, -0.05) is 41.4 Å². The molecule has 0 saturated heterocycles. The van der Waals surface area contributed by atoms with Crippen molar-refractivity contribution in [3.05, 3.63) is 58.1 Å². The van der Waals surface area contributed by atoms with Crippen LogP contribution in [0.2, 0.25) is 10.0 Å². The van der Waals surface area contributed by atoms with Gasteiger partial charge in [0.25, 0.3) is 0 Å². The third-order valence-corrected chi connectivity index (χ3v) is 3.66. The first-order valence-electron chi connectivity index (χ1n) is 7.52. The minimum Gasteiger partial charge on any atom is -0.479 e. The van der Waals surface area contributed by atoms with Crippen molar-refractivity contribution in [3.8, 4) is 11.5 Å². The van der Waals surface area contributed by atoms with E-state index in [-0.39, 0.29) is 28.0 Å². The number of esters is 2. The molecule has 0 N–H and O–H groups in total. The van der Waals surface area contributed by atoms with Crippen LogP contribution in [0, 0.1) is 0 Å². The second-order valence-electron chi connectivity index (χ2n) is 4.98. The second kappa shape index (κ2) is 8.74. The Labute approximate surface area is 155 Å². The number of hydrogen-bond donors (Lipinski definition) is 0. The maximum Gasteiger partial charge on any atom is 0.352 e. The van der Waals surface area contributed by atoms with Gasteiger partial charge in [0.2, 0.25) is 0 Å². The van der Waals surface area contributed by atoms with Gasteiger partial charge >= 0.3 is 11.9 Å². The molecule has 0 aliphatic rings. The van der Waals surface area contributed by atoms with Crippen LogP contribution in [0.15, 0.2) is 42.5 Å². The number of hydrogen-bond acceptors (Lipinski definition) is 5. The lowest BCUT2D eigenvalue weighted by atomic mass is 10.2. The molecule has 2 aromatic rings. The Morgan fingerprint density at radius 3 is 2.24 bits per heavy atom. The molecule has 0 aromatic heterocycles. The summed E-state index contributed by atoms with van der Waals surface area (Å²) in [7, 11) is 0. The predicted octanol–water partition coefficient (Wildman–Crippen LogP) is 4.54. The molecule has 0 fully saturated rings. The topological polar surface area (TPSA) is 61.8 Å². The van der Waals surface area contributed by atoms with E-state index in [1.807, 2.05) is 6.07 Å². The molecule has 5 nitrogen and oxygen atoms in total. The van der Waals surface area contributed by atoms with Gasteiger partial charge < -0.3 is 14.2 Å². The van der Waals surface area contributed by atoms with E-state index in [0.29, 0.717) is 5.75 Å². The standard InChI is InChI=1S/C18H16Cl2O5/c1-3-23-18(22)12-9-14(19)16(15(20)10-12)25-17(21)11(2)24-13-7-5-4-6-8-13/h4-11H,3H2,1-2H3. The lowest BCUT2D eigenvalue weighted by molar-refractivity contribution is -0.141. The number of rotatable bonds is 6. The summed E-state index contributed by atoms with van der Waals surface area (Å²) in [5.41, 5.74) is 0.172. The average Bonchev–Trinajstić information content (AvgIpc) is 2.58. The first kappa shape index (κ1) is 19.1. The van der Waals surface area contributed by atoms with Crippen molar-refractivity contribution in [1.29, 1.82) is 0 Å². The Kier molecular flexibility index (Phi) is 6.67. The van der Waals surface area contributed by atoms with E-state index in [4.69, 9.17) is 37.4 Å². The van der Waals surface area contributed by atoms with E-state index < -0.39 is 18.0 Å². The van der Waals surface area contributed by atoms with E-state index in [0.717, 1.165) is 0 Å². The van der Waals surface area contributed by atoms with Crippen LogP contribution in [0.25, 0.3) is 0 Å². The lowest BCUT2D eigenvalue weighted by Crippen LogP contribution is -2.28. The second-order valence-corrected chi connectivity index (χ2v) is 5.80. The van der Waals surface area contributed by atoms with Gasteiger partial charge in [0.15, 0.2) is 11.9 Å². The van der Waals surface area contributed by atoms with Crippen LogP contribution in [-0.4, -0.2) is 24.6 Å². The molecule has 0 aliphatic carbocycles. The third kappa shape index (κ3) is 5.11. The summed E-state index contributed by atoms with van der Waals surface area (Å²) in [6, 6.07) is 11.5. The van der Waals surface area contributed by atoms with Crippen LogP contribution in [0.5, 0.6) is 11.5 Å². The quantitative estimate of drug-likeness (QED) is 0.541. The number of para-hydroxylation sites is 1. The van der Waals surface area contributed by atoms with Crippen molar-refractivity contribution >= 4 is 35.1 Å². The highest BCUT2D eigenvalue weighted by molar-refractivity contribution is 6.37. The Hall–Kier alpha value is -2.24. The van der Waals surface area contributed by atoms with Crippen molar-refractivity contribution in [2.45, 2.75) is 20.0 Å². The molecular weight excluding hydrogens is 367 g/mol. The number of ether oxygens (including phenoxy) is 3. The Morgan fingerprint density at radius 1 is 1.08 bits per heavy atom. The molecule has 0 heterocycles. The van der Waals surface area contributed by atoms with Crippen molar-refractivity contribution in [2.24, 2.45) is 0 Å². The van der Waals surface area contributed by atoms with Crippen molar-refractivity contribution in [1.82, 2.24) is 0 Å². The number of benzene rings is 2. The van der Waals surface area contributed by atoms with Gasteiger partial charge in [-0.3, -0.25) is 0 Å². The predicted molar refractivity (Wildman–Crippen MR) is 94.6 cm³/mol. The average molecular weight is 383 g/mol. The molecule has 2 aromatic carbocycles. The first-order valence-corrected chi connectivity index (χ1v) is 8.27. The van der Waals surface area contributed by atoms with Gasteiger partial charge in [-0.05, 0) is 38.1 Å². The zero-order chi connectivity index (χ0) is 18.4. The normalized spacial score (nSPS) is 11.5. The van der Waals surface area contributed by atoms with E-state index >= 15 is 0 Å². The summed E-state index contributed by atoms with van der Waals surface area (Å²) in [6.45, 7) is 3.45. The van der Waals surface area contributed by atoms with Crippen molar-refractivity contribution < 1.29 is 23.8 Å². The summed E-state index contributed by atoms with van der Waals surface area (Å²) in [5.74, 6) is -0.742. The fraction of sp³-hybridized carbons (Fsp3) is 0.222. The molecule has 0 spiro atoms. The zero-order valence-electron chi connectivity index (χ0n) is 13.6. The van der Waals surface area contributed by atoms with Gasteiger partial charge in [-0.2, -0.15) is 0 Å². The molecule has 25 heavy (non-hydrogen) atoms. The highest BCUT2D eigenvalue weighted by atomic mass is 35.5. The minimum atomic E-state index is -0.876. The Balaban J connectivity index is 2.11. The maximum atomic E-state index is 12.2. The van der Waals surface area contributed by atoms with Crippen LogP contribution >= 0.6 is 23.2 Å². The minimum absolute atomic E-state index is 0.0239. The summed E-state index contributed by atoms with van der Waals surface area (Å²) >= 11 is 12.2. The molecule has 0 aliphatic heterocycles. The fourth-order valence-electron chi connectivity index (χ4n) is 1.92. The largest absolute Gasteiger partial charge is 0.479 e. The Morgan fingerprint density at radius 2 is 1.68 bits per heavy atom. The number of halogens is 2. The molecule has 0 radical (unpaired) electrons. The van der Waals surface area contributed by atoms with Gasteiger partial charge in [0.1, 0.15) is 5.75 Å². The summed E-state index contributed by atoms with van der Waals surface area (Å²) in [4.78, 5) is 23.9. The molecule has 0 bridgehead atoms. The van der Waals surface area contributed by atoms with Crippen molar-refractivity contribution in [2.75, 3.05) is 6.61 Å². The van der Waals surface area contributed by atoms with Crippen LogP contribution in [0.1, 0.15) is 24.2 Å². The summed E-state index contributed by atoms with van der Waals surface area (Å²) < 4.78 is 15.6. The van der Waals surface area contributed by atoms with E-state index in [9.17, 15) is 9.59 Å². The number of carbonyl (C=O) groups is 2. The molecule has 0 saturated carbocycles. The monoisotopic (exact) mass is 382 g/mol. The first-order chi connectivity index (χ1) is 11.9.